The van der Waals surface area contributed by atoms with Gasteiger partial charge in [-0.3, -0.25) is 4.79 Å². The van der Waals surface area contributed by atoms with Crippen molar-refractivity contribution in [3.8, 4) is 11.1 Å². The molecule has 0 radical (unpaired) electrons. The Labute approximate surface area is 221 Å². The van der Waals surface area contributed by atoms with Crippen LogP contribution in [0.5, 0.6) is 0 Å². The number of para-hydroxylation sites is 2. The van der Waals surface area contributed by atoms with Gasteiger partial charge in [0.05, 0.1) is 17.6 Å². The van der Waals surface area contributed by atoms with Crippen LogP contribution in [0, 0.1) is 0 Å². The minimum Gasteiger partial charge on any atom is -0.367 e. The van der Waals surface area contributed by atoms with Gasteiger partial charge in [-0.05, 0) is 34.9 Å². The summed E-state index contributed by atoms with van der Waals surface area (Å²) in [6, 6.07) is 28.1. The highest BCUT2D eigenvalue weighted by molar-refractivity contribution is 6.05. The highest BCUT2D eigenvalue weighted by Gasteiger charge is 2.17. The summed E-state index contributed by atoms with van der Waals surface area (Å²) in [6.07, 6.45) is 7.75. The number of amides is 1. The summed E-state index contributed by atoms with van der Waals surface area (Å²) >= 11 is 0. The lowest BCUT2D eigenvalue weighted by Crippen LogP contribution is -2.43. The predicted molar refractivity (Wildman–Crippen MR) is 153 cm³/mol. The summed E-state index contributed by atoms with van der Waals surface area (Å²) in [6.45, 7) is 3.65. The van der Waals surface area contributed by atoms with Crippen LogP contribution >= 0.6 is 0 Å². The molecule has 2 N–H and O–H groups in total. The summed E-state index contributed by atoms with van der Waals surface area (Å²) in [7, 11) is 0. The number of piperazine rings is 1. The number of carbonyl (C=O) groups is 1. The van der Waals surface area contributed by atoms with Crippen molar-refractivity contribution in [2.75, 3.05) is 36.4 Å². The first kappa shape index (κ1) is 23.6. The third-order valence-corrected chi connectivity index (χ3v) is 6.70. The highest BCUT2D eigenvalue weighted by atomic mass is 16.1. The number of benzene rings is 3. The molecule has 1 amide bonds. The van der Waals surface area contributed by atoms with E-state index in [1.165, 1.54) is 0 Å². The first-order valence-corrected chi connectivity index (χ1v) is 12.8. The first-order valence-electron chi connectivity index (χ1n) is 12.8. The van der Waals surface area contributed by atoms with Crippen molar-refractivity contribution in [3.63, 3.8) is 0 Å². The molecule has 0 bridgehead atoms. The molecule has 3 heterocycles. The van der Waals surface area contributed by atoms with Crippen molar-refractivity contribution in [1.29, 1.82) is 0 Å². The fourth-order valence-corrected chi connectivity index (χ4v) is 4.68. The van der Waals surface area contributed by atoms with E-state index in [0.717, 1.165) is 59.8 Å². The number of fused-ring (bicyclic) bond motifs is 1. The van der Waals surface area contributed by atoms with Crippen LogP contribution in [0.25, 0.3) is 28.9 Å². The fraction of sp³-hybridized carbons (Fsp3) is 0.129. The smallest absolute Gasteiger partial charge is 0.274 e. The number of hydrogen-bond donors (Lipinski definition) is 2. The maximum absolute atomic E-state index is 13.3. The Balaban J connectivity index is 1.23. The number of rotatable bonds is 6. The molecule has 3 aromatic carbocycles. The molecule has 0 unspecified atom stereocenters. The second kappa shape index (κ2) is 10.7. The topological polar surface area (TPSA) is 74.6 Å². The summed E-state index contributed by atoms with van der Waals surface area (Å²) < 4.78 is 1.70. The normalized spacial score (nSPS) is 13.7. The van der Waals surface area contributed by atoms with E-state index in [1.807, 2.05) is 42.5 Å². The number of aromatic nitrogens is 3. The summed E-state index contributed by atoms with van der Waals surface area (Å²) in [5.74, 6) is -0.247. The maximum Gasteiger partial charge on any atom is 0.274 e. The van der Waals surface area contributed by atoms with Crippen LogP contribution in [-0.4, -0.2) is 46.7 Å². The largest absolute Gasteiger partial charge is 0.367 e. The van der Waals surface area contributed by atoms with E-state index in [1.54, 1.807) is 23.0 Å². The summed E-state index contributed by atoms with van der Waals surface area (Å²) in [4.78, 5) is 20.2. The predicted octanol–water partition coefficient (Wildman–Crippen LogP) is 5.23. The SMILES string of the molecule is O=C(Nc1ccccc1N1CCNCC1)c1ccn2ncc(-c3ccc(/C=C/c4ccccc4)cc3)c2n1. The Bertz CT molecular complexity index is 1580. The van der Waals surface area contributed by atoms with Crippen molar-refractivity contribution in [2.24, 2.45) is 0 Å². The lowest BCUT2D eigenvalue weighted by Gasteiger charge is -2.31. The fourth-order valence-electron chi connectivity index (χ4n) is 4.68. The zero-order chi connectivity index (χ0) is 25.7. The van der Waals surface area contributed by atoms with Gasteiger partial charge in [-0.2, -0.15) is 5.10 Å². The maximum atomic E-state index is 13.3. The summed E-state index contributed by atoms with van der Waals surface area (Å²) in [5, 5.41) is 10.9. The Morgan fingerprint density at radius 2 is 1.55 bits per heavy atom. The third kappa shape index (κ3) is 5.05. The molecule has 1 saturated heterocycles. The molecule has 38 heavy (non-hydrogen) atoms. The molecule has 0 aliphatic carbocycles. The Morgan fingerprint density at radius 1 is 0.842 bits per heavy atom. The van der Waals surface area contributed by atoms with E-state index in [9.17, 15) is 4.79 Å². The third-order valence-electron chi connectivity index (χ3n) is 6.70. The van der Waals surface area contributed by atoms with Gasteiger partial charge < -0.3 is 15.5 Å². The summed E-state index contributed by atoms with van der Waals surface area (Å²) in [5.41, 5.74) is 6.92. The van der Waals surface area contributed by atoms with Gasteiger partial charge in [0.25, 0.3) is 5.91 Å². The second-order valence-corrected chi connectivity index (χ2v) is 9.21. The quantitative estimate of drug-likeness (QED) is 0.313. The zero-order valence-electron chi connectivity index (χ0n) is 20.9. The number of nitrogens with one attached hydrogen (secondary N) is 2. The van der Waals surface area contributed by atoms with Crippen molar-refractivity contribution < 1.29 is 4.79 Å². The van der Waals surface area contributed by atoms with Gasteiger partial charge in [-0.1, -0.05) is 78.9 Å². The molecule has 0 saturated carbocycles. The molecule has 1 aliphatic rings. The van der Waals surface area contributed by atoms with Gasteiger partial charge in [0.15, 0.2) is 5.65 Å². The van der Waals surface area contributed by atoms with E-state index in [0.29, 0.717) is 11.3 Å². The molecule has 5 aromatic rings. The van der Waals surface area contributed by atoms with Crippen LogP contribution in [0.3, 0.4) is 0 Å². The molecule has 0 atom stereocenters. The first-order chi connectivity index (χ1) is 18.7. The number of nitrogens with zero attached hydrogens (tertiary/aromatic N) is 4. The van der Waals surface area contributed by atoms with Crippen LogP contribution in [0.4, 0.5) is 11.4 Å². The Hall–Kier alpha value is -4.75. The molecule has 2 aromatic heterocycles. The van der Waals surface area contributed by atoms with Crippen LogP contribution in [0.2, 0.25) is 0 Å². The molecule has 1 fully saturated rings. The second-order valence-electron chi connectivity index (χ2n) is 9.21. The van der Waals surface area contributed by atoms with Gasteiger partial charge in [0.1, 0.15) is 5.69 Å². The van der Waals surface area contributed by atoms with E-state index in [2.05, 4.69) is 69.2 Å². The van der Waals surface area contributed by atoms with Gasteiger partial charge >= 0.3 is 0 Å². The minimum absolute atomic E-state index is 0.247. The van der Waals surface area contributed by atoms with E-state index in [-0.39, 0.29) is 5.91 Å². The number of carbonyl (C=O) groups excluding carboxylic acids is 1. The molecule has 0 spiro atoms. The standard InChI is InChI=1S/C31H28N6O/c38-31(35-27-8-4-5-9-29(27)36-20-17-32-18-21-36)28-16-19-37-30(34-28)26(22-33-37)25-14-12-24(13-15-25)11-10-23-6-2-1-3-7-23/h1-16,19,22,32H,17-18,20-21H2,(H,35,38)/b11-10+. The van der Waals surface area contributed by atoms with Gasteiger partial charge in [0.2, 0.25) is 0 Å². The highest BCUT2D eigenvalue weighted by Crippen LogP contribution is 2.27. The molecular formula is C31H28N6O. The van der Waals surface area contributed by atoms with Crippen LogP contribution in [0.1, 0.15) is 21.6 Å². The molecule has 7 heteroatoms. The van der Waals surface area contributed by atoms with Crippen LogP contribution in [0.15, 0.2) is 97.3 Å². The average molecular weight is 501 g/mol. The monoisotopic (exact) mass is 500 g/mol. The van der Waals surface area contributed by atoms with Crippen LogP contribution in [-0.2, 0) is 0 Å². The molecule has 6 rings (SSSR count). The van der Waals surface area contributed by atoms with E-state index in [4.69, 9.17) is 4.98 Å². The van der Waals surface area contributed by atoms with Gasteiger partial charge in [0, 0.05) is 37.9 Å². The van der Waals surface area contributed by atoms with Crippen molar-refractivity contribution in [2.45, 2.75) is 0 Å². The Morgan fingerprint density at radius 3 is 2.34 bits per heavy atom. The Kier molecular flexibility index (Phi) is 6.66. The van der Waals surface area contributed by atoms with Crippen molar-refractivity contribution >= 4 is 35.1 Å². The average Bonchev–Trinajstić information content (AvgIpc) is 3.41. The van der Waals surface area contributed by atoms with Crippen LogP contribution < -0.4 is 15.5 Å². The number of hydrogen-bond acceptors (Lipinski definition) is 5. The molecular weight excluding hydrogens is 472 g/mol. The van der Waals surface area contributed by atoms with Gasteiger partial charge in [-0.15, -0.1) is 0 Å². The zero-order valence-corrected chi connectivity index (χ0v) is 20.9. The van der Waals surface area contributed by atoms with E-state index >= 15 is 0 Å². The van der Waals surface area contributed by atoms with Gasteiger partial charge in [-0.25, -0.2) is 9.50 Å². The molecule has 1 aliphatic heterocycles. The minimum atomic E-state index is -0.247. The molecule has 7 nitrogen and oxygen atoms in total. The van der Waals surface area contributed by atoms with Crippen molar-refractivity contribution in [1.82, 2.24) is 19.9 Å². The number of anilines is 2. The van der Waals surface area contributed by atoms with E-state index < -0.39 is 0 Å². The lowest BCUT2D eigenvalue weighted by molar-refractivity contribution is 0.102. The molecule has 188 valence electrons. The lowest BCUT2D eigenvalue weighted by atomic mass is 10.1. The van der Waals surface area contributed by atoms with Crippen molar-refractivity contribution in [3.05, 3.63) is 114 Å².